The monoisotopic (exact) mass is 204 g/mol. The van der Waals surface area contributed by atoms with Crippen molar-refractivity contribution in [1.82, 2.24) is 4.90 Å². The summed E-state index contributed by atoms with van der Waals surface area (Å²) < 4.78 is 0. The fourth-order valence-corrected chi connectivity index (χ4v) is 1.88. The van der Waals surface area contributed by atoms with Gasteiger partial charge in [-0.15, -0.1) is 0 Å². The van der Waals surface area contributed by atoms with Gasteiger partial charge in [-0.1, -0.05) is 25.1 Å². The second kappa shape index (κ2) is 4.34. The Hall–Kier alpha value is -1.51. The minimum atomic E-state index is 0.188. The van der Waals surface area contributed by atoms with Gasteiger partial charge in [-0.2, -0.15) is 0 Å². The van der Waals surface area contributed by atoms with Crippen LogP contribution in [-0.4, -0.2) is 23.9 Å². The molecule has 0 spiro atoms. The van der Waals surface area contributed by atoms with Gasteiger partial charge in [-0.05, 0) is 18.1 Å². The van der Waals surface area contributed by atoms with E-state index < -0.39 is 0 Å². The zero-order valence-electron chi connectivity index (χ0n) is 8.99. The first-order chi connectivity index (χ1) is 7.31. The number of benzene rings is 1. The van der Waals surface area contributed by atoms with Gasteiger partial charge in [0.1, 0.15) is 0 Å². The highest BCUT2D eigenvalue weighted by molar-refractivity contribution is 5.82. The molecule has 1 aliphatic heterocycles. The molecule has 1 amide bonds. The summed E-state index contributed by atoms with van der Waals surface area (Å²) in [7, 11) is 0. The molecule has 80 valence electrons. The highest BCUT2D eigenvalue weighted by atomic mass is 16.2. The van der Waals surface area contributed by atoms with Gasteiger partial charge < -0.3 is 10.2 Å². The van der Waals surface area contributed by atoms with Crippen LogP contribution in [0.3, 0.4) is 0 Å². The molecule has 1 aliphatic rings. The zero-order chi connectivity index (χ0) is 10.7. The molecule has 1 aromatic rings. The molecule has 2 rings (SSSR count). The molecule has 0 aromatic heterocycles. The van der Waals surface area contributed by atoms with Crippen molar-refractivity contribution in [3.8, 4) is 0 Å². The lowest BCUT2D eigenvalue weighted by Gasteiger charge is -2.19. The van der Waals surface area contributed by atoms with Crippen LogP contribution in [0.25, 0.3) is 0 Å². The molecule has 0 atom stereocenters. The van der Waals surface area contributed by atoms with Crippen molar-refractivity contribution < 1.29 is 4.79 Å². The van der Waals surface area contributed by atoms with Crippen LogP contribution in [0.1, 0.15) is 18.9 Å². The van der Waals surface area contributed by atoms with Crippen LogP contribution in [0.4, 0.5) is 5.69 Å². The molecule has 3 nitrogen and oxygen atoms in total. The summed E-state index contributed by atoms with van der Waals surface area (Å²) in [6.07, 6.45) is 1.01. The van der Waals surface area contributed by atoms with Crippen LogP contribution in [-0.2, 0) is 11.3 Å². The molecule has 0 aliphatic carbocycles. The van der Waals surface area contributed by atoms with Crippen LogP contribution in [0, 0.1) is 0 Å². The number of nitrogens with one attached hydrogen (secondary N) is 1. The number of rotatable bonds is 2. The highest BCUT2D eigenvalue weighted by Crippen LogP contribution is 2.19. The molecule has 0 fully saturated rings. The summed E-state index contributed by atoms with van der Waals surface area (Å²) in [5.41, 5.74) is 2.29. The summed E-state index contributed by atoms with van der Waals surface area (Å²) in [5.74, 6) is 0.188. The third-order valence-electron chi connectivity index (χ3n) is 2.65. The second-order valence-electron chi connectivity index (χ2n) is 3.83. The van der Waals surface area contributed by atoms with E-state index in [0.29, 0.717) is 6.54 Å². The van der Waals surface area contributed by atoms with Crippen molar-refractivity contribution in [3.63, 3.8) is 0 Å². The van der Waals surface area contributed by atoms with Crippen molar-refractivity contribution >= 4 is 11.6 Å². The number of para-hydroxylation sites is 1. The number of carbonyl (C=O) groups excluding carboxylic acids is 1. The summed E-state index contributed by atoms with van der Waals surface area (Å²) in [6, 6.07) is 8.11. The Bertz CT molecular complexity index is 362. The van der Waals surface area contributed by atoms with Crippen molar-refractivity contribution in [2.24, 2.45) is 0 Å². The quantitative estimate of drug-likeness (QED) is 0.797. The lowest BCUT2D eigenvalue weighted by Crippen LogP contribution is -2.33. The predicted molar refractivity (Wildman–Crippen MR) is 60.6 cm³/mol. The topological polar surface area (TPSA) is 32.3 Å². The van der Waals surface area contributed by atoms with Crippen molar-refractivity contribution in [2.75, 3.05) is 18.4 Å². The maximum absolute atomic E-state index is 11.7. The van der Waals surface area contributed by atoms with Gasteiger partial charge in [0, 0.05) is 18.8 Å². The van der Waals surface area contributed by atoms with E-state index in [9.17, 15) is 4.79 Å². The third-order valence-corrected chi connectivity index (χ3v) is 2.65. The summed E-state index contributed by atoms with van der Waals surface area (Å²) in [6.45, 7) is 4.08. The maximum Gasteiger partial charge on any atom is 0.242 e. The number of amides is 1. The summed E-state index contributed by atoms with van der Waals surface area (Å²) in [4.78, 5) is 13.7. The Labute approximate surface area is 90.1 Å². The average molecular weight is 204 g/mol. The molecule has 0 saturated carbocycles. The molecular formula is C12H16N2O. The summed E-state index contributed by atoms with van der Waals surface area (Å²) >= 11 is 0. The Morgan fingerprint density at radius 3 is 3.00 bits per heavy atom. The number of hydrogen-bond acceptors (Lipinski definition) is 2. The molecule has 15 heavy (non-hydrogen) atoms. The van der Waals surface area contributed by atoms with Crippen LogP contribution < -0.4 is 5.32 Å². The number of fused-ring (bicyclic) bond motifs is 1. The van der Waals surface area contributed by atoms with E-state index in [-0.39, 0.29) is 5.91 Å². The molecule has 3 heteroatoms. The number of anilines is 1. The fraction of sp³-hybridized carbons (Fsp3) is 0.417. The fourth-order valence-electron chi connectivity index (χ4n) is 1.88. The van der Waals surface area contributed by atoms with Crippen LogP contribution in [0.2, 0.25) is 0 Å². The molecule has 1 N–H and O–H groups in total. The number of hydrogen-bond donors (Lipinski definition) is 1. The largest absolute Gasteiger partial charge is 0.376 e. The van der Waals surface area contributed by atoms with Gasteiger partial charge in [-0.25, -0.2) is 0 Å². The lowest BCUT2D eigenvalue weighted by molar-refractivity contribution is -0.129. The smallest absolute Gasteiger partial charge is 0.242 e. The minimum absolute atomic E-state index is 0.188. The Morgan fingerprint density at radius 2 is 2.20 bits per heavy atom. The van der Waals surface area contributed by atoms with Crippen molar-refractivity contribution in [3.05, 3.63) is 29.8 Å². The number of nitrogens with zero attached hydrogens (tertiary/aromatic N) is 1. The SMILES string of the molecule is CCCN1Cc2ccccc2NCC1=O. The molecular weight excluding hydrogens is 188 g/mol. The van der Waals surface area contributed by atoms with E-state index in [2.05, 4.69) is 18.3 Å². The highest BCUT2D eigenvalue weighted by Gasteiger charge is 2.18. The standard InChI is InChI=1S/C12H16N2O/c1-2-7-14-9-10-5-3-4-6-11(10)13-8-12(14)15/h3-6,13H,2,7-9H2,1H3. The molecule has 1 heterocycles. The van der Waals surface area contributed by atoms with Gasteiger partial charge in [0.05, 0.1) is 6.54 Å². The zero-order valence-corrected chi connectivity index (χ0v) is 8.99. The molecule has 0 saturated heterocycles. The Balaban J connectivity index is 2.23. The van der Waals surface area contributed by atoms with Crippen molar-refractivity contribution in [2.45, 2.75) is 19.9 Å². The van der Waals surface area contributed by atoms with Crippen LogP contribution in [0.15, 0.2) is 24.3 Å². The second-order valence-corrected chi connectivity index (χ2v) is 3.83. The Morgan fingerprint density at radius 1 is 1.40 bits per heavy atom. The predicted octanol–water partition coefficient (Wildman–Crippen LogP) is 1.85. The van der Waals surface area contributed by atoms with Crippen LogP contribution in [0.5, 0.6) is 0 Å². The van der Waals surface area contributed by atoms with E-state index in [0.717, 1.165) is 25.2 Å². The minimum Gasteiger partial charge on any atom is -0.376 e. The first-order valence-electron chi connectivity index (χ1n) is 5.41. The van der Waals surface area contributed by atoms with Gasteiger partial charge in [0.25, 0.3) is 0 Å². The van der Waals surface area contributed by atoms with Gasteiger partial charge in [-0.3, -0.25) is 4.79 Å². The average Bonchev–Trinajstić information content (AvgIpc) is 2.41. The molecule has 0 radical (unpaired) electrons. The number of carbonyl (C=O) groups is 1. The van der Waals surface area contributed by atoms with Gasteiger partial charge in [0.2, 0.25) is 5.91 Å². The van der Waals surface area contributed by atoms with Gasteiger partial charge in [0.15, 0.2) is 0 Å². The van der Waals surface area contributed by atoms with Crippen molar-refractivity contribution in [1.29, 1.82) is 0 Å². The first-order valence-corrected chi connectivity index (χ1v) is 5.41. The lowest BCUT2D eigenvalue weighted by atomic mass is 10.1. The van der Waals surface area contributed by atoms with E-state index in [1.54, 1.807) is 0 Å². The molecule has 0 unspecified atom stereocenters. The maximum atomic E-state index is 11.7. The first kappa shape index (κ1) is 10.0. The van der Waals surface area contributed by atoms with E-state index in [1.165, 1.54) is 5.56 Å². The Kier molecular flexibility index (Phi) is 2.90. The van der Waals surface area contributed by atoms with Gasteiger partial charge >= 0.3 is 0 Å². The third kappa shape index (κ3) is 2.12. The van der Waals surface area contributed by atoms with Crippen LogP contribution >= 0.6 is 0 Å². The van der Waals surface area contributed by atoms with E-state index in [4.69, 9.17) is 0 Å². The normalized spacial score (nSPS) is 15.5. The van der Waals surface area contributed by atoms with E-state index >= 15 is 0 Å². The molecule has 1 aromatic carbocycles. The summed E-state index contributed by atoms with van der Waals surface area (Å²) in [5, 5.41) is 3.17. The van der Waals surface area contributed by atoms with E-state index in [1.807, 2.05) is 23.1 Å². The molecule has 0 bridgehead atoms.